The third-order valence-corrected chi connectivity index (χ3v) is 7.60. The Hall–Kier alpha value is -2.89. The summed E-state index contributed by atoms with van der Waals surface area (Å²) in [5.74, 6) is 0.601. The van der Waals surface area contributed by atoms with Crippen LogP contribution in [0, 0.1) is 5.41 Å². The van der Waals surface area contributed by atoms with Gasteiger partial charge in [0.15, 0.2) is 0 Å². The molecule has 11 heteroatoms. The van der Waals surface area contributed by atoms with Crippen LogP contribution in [0.25, 0.3) is 21.9 Å². The average Bonchev–Trinajstić information content (AvgIpc) is 3.34. The molecule has 1 aliphatic carbocycles. The summed E-state index contributed by atoms with van der Waals surface area (Å²) in [5, 5.41) is 23.1. The molecule has 4 aromatic rings. The van der Waals surface area contributed by atoms with Crippen molar-refractivity contribution in [2.75, 3.05) is 11.5 Å². The average molecular weight is 533 g/mol. The summed E-state index contributed by atoms with van der Waals surface area (Å²) in [4.78, 5) is 12.5. The first-order valence-electron chi connectivity index (χ1n) is 10.8. The van der Waals surface area contributed by atoms with Crippen LogP contribution in [0.5, 0.6) is 0 Å². The van der Waals surface area contributed by atoms with Crippen LogP contribution in [0.3, 0.4) is 0 Å². The van der Waals surface area contributed by atoms with Crippen molar-refractivity contribution in [2.24, 2.45) is 5.41 Å². The summed E-state index contributed by atoms with van der Waals surface area (Å²) < 4.78 is 31.3. The number of aliphatic hydroxyl groups is 2. The van der Waals surface area contributed by atoms with Gasteiger partial charge in [0.05, 0.1) is 32.9 Å². The van der Waals surface area contributed by atoms with Crippen molar-refractivity contribution in [1.29, 1.82) is 0 Å². The van der Waals surface area contributed by atoms with Gasteiger partial charge in [-0.3, -0.25) is 0 Å². The number of nitrogen functional groups attached to an aromatic ring is 2. The normalized spacial score (nSPS) is 25.1. The number of anilines is 2. The minimum Gasteiger partial charge on any atom is -0.390 e. The van der Waals surface area contributed by atoms with E-state index in [0.29, 0.717) is 26.8 Å². The maximum absolute atomic E-state index is 14.5. The molecule has 1 aliphatic rings. The fourth-order valence-corrected chi connectivity index (χ4v) is 5.35. The molecular weight excluding hydrogens is 510 g/mol. The number of nitrogens with two attached hydrogens (primary N) is 2. The van der Waals surface area contributed by atoms with Gasteiger partial charge >= 0.3 is 0 Å². The van der Waals surface area contributed by atoms with E-state index < -0.39 is 30.1 Å². The second kappa shape index (κ2) is 8.40. The number of rotatable bonds is 5. The molecule has 3 heterocycles. The van der Waals surface area contributed by atoms with E-state index in [1.807, 2.05) is 24.3 Å². The molecule has 0 spiro atoms. The standard InChI is InChI=1S/C23H23BrF2N6O2/c24-14-8-12-2-1-11(7-15(12)31-20(14)28)3-5-23(22(25)26)9-16(17(33)18(23)34)32-6-4-13-19(27)29-10-30-21(13)32/h1-2,4,6-8,10,16-18,22,33-34H,3,5,9H2,(H2,28,31)(H2,27,29,30)/t16-,17+,18+,23-/m1/s1. The van der Waals surface area contributed by atoms with Crippen molar-refractivity contribution in [3.8, 4) is 0 Å². The van der Waals surface area contributed by atoms with Crippen molar-refractivity contribution < 1.29 is 19.0 Å². The molecule has 6 N–H and O–H groups in total. The van der Waals surface area contributed by atoms with Crippen LogP contribution < -0.4 is 11.5 Å². The smallest absolute Gasteiger partial charge is 0.246 e. The van der Waals surface area contributed by atoms with Crippen LogP contribution in [0.4, 0.5) is 20.4 Å². The van der Waals surface area contributed by atoms with Crippen molar-refractivity contribution >= 4 is 49.5 Å². The van der Waals surface area contributed by atoms with Crippen LogP contribution in [0.2, 0.25) is 0 Å². The van der Waals surface area contributed by atoms with Crippen molar-refractivity contribution in [3.05, 3.63) is 52.9 Å². The van der Waals surface area contributed by atoms with Crippen molar-refractivity contribution in [3.63, 3.8) is 0 Å². The molecule has 0 bridgehead atoms. The van der Waals surface area contributed by atoms with Gasteiger partial charge in [0.25, 0.3) is 0 Å². The molecule has 0 amide bonds. The lowest BCUT2D eigenvalue weighted by molar-refractivity contribution is -0.103. The summed E-state index contributed by atoms with van der Waals surface area (Å²) in [7, 11) is 0. The monoisotopic (exact) mass is 532 g/mol. The fraction of sp³-hybridized carbons (Fsp3) is 0.348. The van der Waals surface area contributed by atoms with Gasteiger partial charge < -0.3 is 26.2 Å². The van der Waals surface area contributed by atoms with Gasteiger partial charge in [-0.15, -0.1) is 0 Å². The van der Waals surface area contributed by atoms with Gasteiger partial charge in [0, 0.05) is 11.6 Å². The zero-order chi connectivity index (χ0) is 24.2. The molecule has 8 nitrogen and oxygen atoms in total. The summed E-state index contributed by atoms with van der Waals surface area (Å²) >= 11 is 3.35. The van der Waals surface area contributed by atoms with E-state index >= 15 is 0 Å². The molecule has 0 radical (unpaired) electrons. The van der Waals surface area contributed by atoms with Crippen LogP contribution in [0.15, 0.2) is 47.3 Å². The Kier molecular flexibility index (Phi) is 5.65. The number of aryl methyl sites for hydroxylation is 1. The maximum atomic E-state index is 14.5. The molecule has 34 heavy (non-hydrogen) atoms. The van der Waals surface area contributed by atoms with Crippen molar-refractivity contribution in [2.45, 2.75) is 43.9 Å². The Bertz CT molecular complexity index is 1380. The van der Waals surface area contributed by atoms with Gasteiger partial charge in [-0.2, -0.15) is 0 Å². The number of aliphatic hydroxyl groups excluding tert-OH is 2. The molecular formula is C23H23BrF2N6O2. The molecule has 1 fully saturated rings. The molecule has 1 saturated carbocycles. The van der Waals surface area contributed by atoms with E-state index in [1.54, 1.807) is 16.8 Å². The van der Waals surface area contributed by atoms with Crippen LogP contribution in [0.1, 0.15) is 24.4 Å². The quantitative estimate of drug-likeness (QED) is 0.309. The number of hydrogen-bond acceptors (Lipinski definition) is 7. The van der Waals surface area contributed by atoms with Crippen LogP contribution in [-0.4, -0.2) is 48.4 Å². The molecule has 5 rings (SSSR count). The number of benzene rings is 1. The zero-order valence-electron chi connectivity index (χ0n) is 17.9. The first-order chi connectivity index (χ1) is 16.2. The Labute approximate surface area is 201 Å². The third-order valence-electron chi connectivity index (χ3n) is 6.97. The number of aromatic nitrogens is 4. The lowest BCUT2D eigenvalue weighted by Crippen LogP contribution is -2.42. The summed E-state index contributed by atoms with van der Waals surface area (Å²) in [6, 6.07) is 8.26. The molecule has 1 aromatic carbocycles. The van der Waals surface area contributed by atoms with E-state index in [4.69, 9.17) is 11.5 Å². The van der Waals surface area contributed by atoms with E-state index in [9.17, 15) is 19.0 Å². The second-order valence-corrected chi connectivity index (χ2v) is 9.70. The molecule has 0 unspecified atom stereocenters. The molecule has 0 saturated heterocycles. The molecule has 0 aliphatic heterocycles. The predicted molar refractivity (Wildman–Crippen MR) is 128 cm³/mol. The lowest BCUT2D eigenvalue weighted by Gasteiger charge is -2.32. The van der Waals surface area contributed by atoms with Gasteiger partial charge in [-0.05, 0) is 59.0 Å². The molecule has 3 aromatic heterocycles. The fourth-order valence-electron chi connectivity index (χ4n) is 5.01. The van der Waals surface area contributed by atoms with E-state index in [2.05, 4.69) is 30.9 Å². The van der Waals surface area contributed by atoms with E-state index in [1.165, 1.54) is 6.33 Å². The van der Waals surface area contributed by atoms with Gasteiger partial charge in [-0.1, -0.05) is 12.1 Å². The Morgan fingerprint density at radius 3 is 2.71 bits per heavy atom. The maximum Gasteiger partial charge on any atom is 0.246 e. The third kappa shape index (κ3) is 3.58. The van der Waals surface area contributed by atoms with Crippen LogP contribution >= 0.6 is 15.9 Å². The highest BCUT2D eigenvalue weighted by molar-refractivity contribution is 9.10. The number of fused-ring (bicyclic) bond motifs is 2. The molecule has 4 atom stereocenters. The topological polar surface area (TPSA) is 136 Å². The number of alkyl halides is 2. The highest BCUT2D eigenvalue weighted by Gasteiger charge is 2.58. The van der Waals surface area contributed by atoms with Gasteiger partial charge in [0.2, 0.25) is 6.43 Å². The highest BCUT2D eigenvalue weighted by atomic mass is 79.9. The summed E-state index contributed by atoms with van der Waals surface area (Å²) in [5.41, 5.74) is 11.9. The summed E-state index contributed by atoms with van der Waals surface area (Å²) in [6.07, 6.45) is -2.79. The Balaban J connectivity index is 1.45. The number of hydrogen-bond donors (Lipinski definition) is 4. The predicted octanol–water partition coefficient (Wildman–Crippen LogP) is 3.46. The number of pyridine rings is 1. The van der Waals surface area contributed by atoms with E-state index in [0.717, 1.165) is 10.9 Å². The minimum absolute atomic E-state index is 0.0206. The first kappa shape index (κ1) is 22.9. The Morgan fingerprint density at radius 2 is 1.94 bits per heavy atom. The number of nitrogens with zero attached hydrogens (tertiary/aromatic N) is 4. The first-order valence-corrected chi connectivity index (χ1v) is 11.6. The van der Waals surface area contributed by atoms with Crippen molar-refractivity contribution in [1.82, 2.24) is 19.5 Å². The summed E-state index contributed by atoms with van der Waals surface area (Å²) in [6.45, 7) is 0. The lowest BCUT2D eigenvalue weighted by atomic mass is 9.78. The van der Waals surface area contributed by atoms with Gasteiger partial charge in [0.1, 0.15) is 29.7 Å². The second-order valence-electron chi connectivity index (χ2n) is 8.84. The van der Waals surface area contributed by atoms with Crippen LogP contribution in [-0.2, 0) is 6.42 Å². The Morgan fingerprint density at radius 1 is 1.15 bits per heavy atom. The van der Waals surface area contributed by atoms with Gasteiger partial charge in [-0.25, -0.2) is 23.7 Å². The minimum atomic E-state index is -2.84. The SMILES string of the molecule is Nc1nc2cc(CC[C@@]3(C(F)F)C[C@@H](n4ccc5c(N)ncnc54)[C@H](O)[C@@H]3O)ccc2cc1Br. The zero-order valence-corrected chi connectivity index (χ0v) is 19.5. The molecule has 178 valence electrons. The number of halogens is 3. The largest absolute Gasteiger partial charge is 0.390 e. The highest BCUT2D eigenvalue weighted by Crippen LogP contribution is 2.52. The van der Waals surface area contributed by atoms with E-state index in [-0.39, 0.29) is 25.1 Å².